The number of nitrogens with one attached hydrogen (secondary N) is 1. The van der Waals surface area contributed by atoms with E-state index in [2.05, 4.69) is 5.32 Å². The highest BCUT2D eigenvalue weighted by molar-refractivity contribution is 8.00. The minimum Gasteiger partial charge on any atom is -0.480 e. The van der Waals surface area contributed by atoms with Gasteiger partial charge < -0.3 is 19.7 Å². The zero-order valence-electron chi connectivity index (χ0n) is 10.9. The number of hydrogen-bond donors (Lipinski definition) is 2. The minimum absolute atomic E-state index is 0.133. The number of carboxylic acids is 1. The maximum absolute atomic E-state index is 11.8. The fraction of sp³-hybridized carbons (Fsp3) is 0.417. The van der Waals surface area contributed by atoms with Crippen LogP contribution in [-0.4, -0.2) is 52.9 Å². The normalized spacial score (nSPS) is 11.7. The average molecular weight is 300 g/mol. The molecule has 0 aliphatic heterocycles. The van der Waals surface area contributed by atoms with E-state index in [0.29, 0.717) is 18.7 Å². The summed E-state index contributed by atoms with van der Waals surface area (Å²) in [6.45, 7) is 0.362. The molecule has 0 saturated heterocycles. The Bertz CT molecular complexity index is 449. The van der Waals surface area contributed by atoms with Crippen molar-refractivity contribution in [2.24, 2.45) is 0 Å². The van der Waals surface area contributed by atoms with Gasteiger partial charge in [0.2, 0.25) is 12.3 Å². The van der Waals surface area contributed by atoms with Crippen LogP contribution in [0.1, 0.15) is 5.76 Å². The molecular weight excluding hydrogens is 284 g/mol. The van der Waals surface area contributed by atoms with E-state index in [1.807, 2.05) is 0 Å². The van der Waals surface area contributed by atoms with E-state index >= 15 is 0 Å². The lowest BCUT2D eigenvalue weighted by Crippen LogP contribution is -2.38. The van der Waals surface area contributed by atoms with Crippen molar-refractivity contribution in [2.75, 3.05) is 18.6 Å². The molecule has 1 aromatic rings. The summed E-state index contributed by atoms with van der Waals surface area (Å²) in [6, 6.07) is 2.52. The molecule has 0 bridgehead atoms. The summed E-state index contributed by atoms with van der Waals surface area (Å²) in [5.41, 5.74) is 0. The molecule has 2 amide bonds. The summed E-state index contributed by atoms with van der Waals surface area (Å²) in [5, 5.41) is 11.0. The van der Waals surface area contributed by atoms with E-state index in [9.17, 15) is 14.4 Å². The Hall–Kier alpha value is -1.96. The topological polar surface area (TPSA) is 99.9 Å². The molecule has 2 N–H and O–H groups in total. The predicted octanol–water partition coefficient (Wildman–Crippen LogP) is 0.170. The molecule has 8 heteroatoms. The summed E-state index contributed by atoms with van der Waals surface area (Å²) < 4.78 is 5.13. The first-order valence-corrected chi connectivity index (χ1v) is 6.96. The Morgan fingerprint density at radius 2 is 2.35 bits per heavy atom. The molecule has 0 aromatic carbocycles. The van der Waals surface area contributed by atoms with Gasteiger partial charge in [-0.25, -0.2) is 4.79 Å². The number of hydrogen-bond acceptors (Lipinski definition) is 5. The SMILES string of the molecule is CN(Cc1ccco1)C(=O)CSCC(NC=O)C(=O)O. The van der Waals surface area contributed by atoms with Crippen LogP contribution in [0.2, 0.25) is 0 Å². The summed E-state index contributed by atoms with van der Waals surface area (Å²) in [5.74, 6) is -0.310. The highest BCUT2D eigenvalue weighted by Crippen LogP contribution is 2.08. The van der Waals surface area contributed by atoms with Crippen LogP contribution in [0.25, 0.3) is 0 Å². The van der Waals surface area contributed by atoms with Crippen LogP contribution in [0.4, 0.5) is 0 Å². The van der Waals surface area contributed by atoms with Gasteiger partial charge in [-0.05, 0) is 12.1 Å². The van der Waals surface area contributed by atoms with Crippen LogP contribution in [0, 0.1) is 0 Å². The summed E-state index contributed by atoms with van der Waals surface area (Å²) in [4.78, 5) is 34.3. The molecule has 1 rings (SSSR count). The minimum atomic E-state index is -1.12. The molecule has 0 fully saturated rings. The first kappa shape index (κ1) is 16.1. The van der Waals surface area contributed by atoms with Crippen molar-refractivity contribution in [3.05, 3.63) is 24.2 Å². The third-order valence-electron chi connectivity index (χ3n) is 2.48. The molecule has 1 atom stereocenters. The second-order valence-corrected chi connectivity index (χ2v) is 5.05. The molecule has 1 unspecified atom stereocenters. The van der Waals surface area contributed by atoms with Crippen molar-refractivity contribution < 1.29 is 23.9 Å². The number of amides is 2. The number of furan rings is 1. The van der Waals surface area contributed by atoms with Gasteiger partial charge in [-0.1, -0.05) is 0 Å². The van der Waals surface area contributed by atoms with Crippen molar-refractivity contribution in [3.63, 3.8) is 0 Å². The van der Waals surface area contributed by atoms with Gasteiger partial charge in [-0.15, -0.1) is 11.8 Å². The molecule has 20 heavy (non-hydrogen) atoms. The van der Waals surface area contributed by atoms with Crippen molar-refractivity contribution in [3.8, 4) is 0 Å². The average Bonchev–Trinajstić information content (AvgIpc) is 2.90. The quantitative estimate of drug-likeness (QED) is 0.631. The molecule has 1 heterocycles. The van der Waals surface area contributed by atoms with E-state index in [1.165, 1.54) is 11.2 Å². The van der Waals surface area contributed by atoms with Crippen LogP contribution in [0.15, 0.2) is 22.8 Å². The molecule has 1 aromatic heterocycles. The second-order valence-electron chi connectivity index (χ2n) is 4.02. The Morgan fingerprint density at radius 1 is 1.60 bits per heavy atom. The van der Waals surface area contributed by atoms with E-state index in [4.69, 9.17) is 9.52 Å². The zero-order chi connectivity index (χ0) is 15.0. The van der Waals surface area contributed by atoms with E-state index in [-0.39, 0.29) is 17.4 Å². The molecule has 0 saturated carbocycles. The molecule has 0 aliphatic carbocycles. The number of carboxylic acid groups (broad SMARTS) is 1. The van der Waals surface area contributed by atoms with Crippen LogP contribution in [-0.2, 0) is 20.9 Å². The number of thioether (sulfide) groups is 1. The lowest BCUT2D eigenvalue weighted by molar-refractivity contribution is -0.139. The van der Waals surface area contributed by atoms with Gasteiger partial charge in [0.05, 0.1) is 18.6 Å². The first-order valence-electron chi connectivity index (χ1n) is 5.81. The van der Waals surface area contributed by atoms with Crippen LogP contribution >= 0.6 is 11.8 Å². The standard InChI is InChI=1S/C12H16N2O5S/c1-14(5-9-3-2-4-19-9)11(16)7-20-6-10(12(17)18)13-8-15/h2-4,8,10H,5-7H2,1H3,(H,13,15)(H,17,18). The lowest BCUT2D eigenvalue weighted by Gasteiger charge is -2.16. The van der Waals surface area contributed by atoms with Gasteiger partial charge in [0, 0.05) is 12.8 Å². The van der Waals surface area contributed by atoms with Gasteiger partial charge in [-0.2, -0.15) is 0 Å². The van der Waals surface area contributed by atoms with Crippen molar-refractivity contribution in [1.82, 2.24) is 10.2 Å². The third-order valence-corrected chi connectivity index (χ3v) is 3.50. The highest BCUT2D eigenvalue weighted by Gasteiger charge is 2.17. The zero-order valence-corrected chi connectivity index (χ0v) is 11.8. The number of rotatable bonds is 9. The van der Waals surface area contributed by atoms with Crippen molar-refractivity contribution >= 4 is 30.0 Å². The first-order chi connectivity index (χ1) is 9.54. The molecule has 0 spiro atoms. The number of carbonyl (C=O) groups excluding carboxylic acids is 2. The highest BCUT2D eigenvalue weighted by atomic mass is 32.2. The lowest BCUT2D eigenvalue weighted by atomic mass is 10.3. The van der Waals surface area contributed by atoms with Gasteiger partial charge in [0.25, 0.3) is 0 Å². The Labute approximate surface area is 120 Å². The van der Waals surface area contributed by atoms with E-state index in [1.54, 1.807) is 19.2 Å². The van der Waals surface area contributed by atoms with Gasteiger partial charge in [0.1, 0.15) is 11.8 Å². The predicted molar refractivity (Wildman–Crippen MR) is 73.1 cm³/mol. The number of nitrogens with zero attached hydrogens (tertiary/aromatic N) is 1. The molecule has 0 radical (unpaired) electrons. The third kappa shape index (κ3) is 5.35. The molecule has 110 valence electrons. The van der Waals surface area contributed by atoms with Crippen molar-refractivity contribution in [2.45, 2.75) is 12.6 Å². The molecule has 0 aliphatic rings. The van der Waals surface area contributed by atoms with Crippen LogP contribution < -0.4 is 5.32 Å². The number of aliphatic carboxylic acids is 1. The summed E-state index contributed by atoms with van der Waals surface area (Å²) in [7, 11) is 1.64. The smallest absolute Gasteiger partial charge is 0.327 e. The number of carbonyl (C=O) groups is 3. The Balaban J connectivity index is 2.31. The van der Waals surface area contributed by atoms with Crippen LogP contribution in [0.3, 0.4) is 0 Å². The van der Waals surface area contributed by atoms with Crippen molar-refractivity contribution in [1.29, 1.82) is 0 Å². The fourth-order valence-corrected chi connectivity index (χ4v) is 2.36. The Kier molecular flexibility index (Phi) is 6.65. The van der Waals surface area contributed by atoms with E-state index < -0.39 is 12.0 Å². The van der Waals surface area contributed by atoms with Gasteiger partial charge in [-0.3, -0.25) is 9.59 Å². The van der Waals surface area contributed by atoms with Gasteiger partial charge in [0.15, 0.2) is 0 Å². The summed E-state index contributed by atoms with van der Waals surface area (Å²) in [6.07, 6.45) is 1.87. The maximum atomic E-state index is 11.8. The van der Waals surface area contributed by atoms with E-state index in [0.717, 1.165) is 11.8 Å². The Morgan fingerprint density at radius 3 is 2.90 bits per heavy atom. The van der Waals surface area contributed by atoms with Crippen LogP contribution in [0.5, 0.6) is 0 Å². The summed E-state index contributed by atoms with van der Waals surface area (Å²) >= 11 is 1.15. The fourth-order valence-electron chi connectivity index (χ4n) is 1.37. The largest absolute Gasteiger partial charge is 0.480 e. The second kappa shape index (κ2) is 8.26. The maximum Gasteiger partial charge on any atom is 0.327 e. The molecular formula is C12H16N2O5S. The van der Waals surface area contributed by atoms with Gasteiger partial charge >= 0.3 is 5.97 Å². The monoisotopic (exact) mass is 300 g/mol. The molecule has 7 nitrogen and oxygen atoms in total.